The Morgan fingerprint density at radius 1 is 1.41 bits per heavy atom. The van der Waals surface area contributed by atoms with Gasteiger partial charge in [-0.1, -0.05) is 6.08 Å². The Bertz CT molecular complexity index is 298. The molecule has 0 aromatic carbocycles. The van der Waals surface area contributed by atoms with Gasteiger partial charge in [-0.05, 0) is 0 Å². The third-order valence-corrected chi connectivity index (χ3v) is 2.71. The highest BCUT2D eigenvalue weighted by molar-refractivity contribution is 5.88. The fraction of sp³-hybridized carbons (Fsp3) is 0.636. The molecular formula is C11H18N2O4. The van der Waals surface area contributed by atoms with E-state index in [1.54, 1.807) is 6.08 Å². The molecule has 0 bridgehead atoms. The van der Waals surface area contributed by atoms with Crippen molar-refractivity contribution in [2.45, 2.75) is 18.4 Å². The fourth-order valence-corrected chi connectivity index (χ4v) is 1.71. The Kier molecular flexibility index (Phi) is 5.11. The molecule has 0 unspecified atom stereocenters. The molecule has 0 aliphatic carbocycles. The van der Waals surface area contributed by atoms with Gasteiger partial charge in [-0.2, -0.15) is 0 Å². The zero-order chi connectivity index (χ0) is 12.7. The molecular weight excluding hydrogens is 224 g/mol. The van der Waals surface area contributed by atoms with Gasteiger partial charge in [-0.15, -0.1) is 6.58 Å². The van der Waals surface area contributed by atoms with E-state index in [2.05, 4.69) is 17.2 Å². The van der Waals surface area contributed by atoms with Crippen LogP contribution in [0.25, 0.3) is 0 Å². The maximum absolute atomic E-state index is 11.6. The lowest BCUT2D eigenvalue weighted by Gasteiger charge is -2.33. The molecule has 1 fully saturated rings. The minimum atomic E-state index is -1.18. The first-order valence-corrected chi connectivity index (χ1v) is 5.54. The molecule has 17 heavy (non-hydrogen) atoms. The number of carboxylic acids is 1. The summed E-state index contributed by atoms with van der Waals surface area (Å²) in [5.41, 5.74) is -1.18. The van der Waals surface area contributed by atoms with Crippen molar-refractivity contribution in [2.24, 2.45) is 0 Å². The van der Waals surface area contributed by atoms with Gasteiger partial charge in [-0.25, -0.2) is 4.79 Å². The maximum atomic E-state index is 11.6. The van der Waals surface area contributed by atoms with E-state index in [-0.39, 0.29) is 12.5 Å². The van der Waals surface area contributed by atoms with Crippen LogP contribution in [-0.2, 0) is 14.3 Å². The molecule has 0 radical (unpaired) electrons. The average molecular weight is 242 g/mol. The van der Waals surface area contributed by atoms with Crippen LogP contribution in [0.3, 0.4) is 0 Å². The highest BCUT2D eigenvalue weighted by Crippen LogP contribution is 2.20. The van der Waals surface area contributed by atoms with Crippen LogP contribution in [0.4, 0.5) is 0 Å². The van der Waals surface area contributed by atoms with Crippen LogP contribution in [0, 0.1) is 0 Å². The first kappa shape index (κ1) is 13.7. The topological polar surface area (TPSA) is 87.7 Å². The van der Waals surface area contributed by atoms with Crippen molar-refractivity contribution in [3.05, 3.63) is 12.7 Å². The maximum Gasteiger partial charge on any atom is 0.329 e. The predicted molar refractivity (Wildman–Crippen MR) is 61.6 cm³/mol. The Labute approximate surface area is 100 Å². The summed E-state index contributed by atoms with van der Waals surface area (Å²) >= 11 is 0. The molecule has 96 valence electrons. The van der Waals surface area contributed by atoms with Crippen LogP contribution < -0.4 is 10.6 Å². The van der Waals surface area contributed by atoms with Gasteiger partial charge < -0.3 is 20.5 Å². The van der Waals surface area contributed by atoms with Crippen LogP contribution in [0.2, 0.25) is 0 Å². The summed E-state index contributed by atoms with van der Waals surface area (Å²) in [7, 11) is 0. The molecule has 0 atom stereocenters. The quantitative estimate of drug-likeness (QED) is 0.432. The third-order valence-electron chi connectivity index (χ3n) is 2.71. The minimum absolute atomic E-state index is 0.0852. The van der Waals surface area contributed by atoms with E-state index >= 15 is 0 Å². The van der Waals surface area contributed by atoms with Gasteiger partial charge in [0.25, 0.3) is 0 Å². The van der Waals surface area contributed by atoms with Gasteiger partial charge in [0.15, 0.2) is 0 Å². The Morgan fingerprint density at radius 3 is 2.59 bits per heavy atom. The third kappa shape index (κ3) is 3.83. The number of aliphatic carboxylic acids is 1. The number of carbonyl (C=O) groups excluding carboxylic acids is 1. The molecule has 1 heterocycles. The van der Waals surface area contributed by atoms with E-state index in [1.807, 2.05) is 0 Å². The molecule has 1 amide bonds. The summed E-state index contributed by atoms with van der Waals surface area (Å²) < 4.78 is 5.11. The van der Waals surface area contributed by atoms with E-state index in [0.717, 1.165) is 0 Å². The van der Waals surface area contributed by atoms with Crippen molar-refractivity contribution < 1.29 is 19.4 Å². The van der Waals surface area contributed by atoms with Crippen LogP contribution in [0.15, 0.2) is 12.7 Å². The average Bonchev–Trinajstić information content (AvgIpc) is 2.30. The van der Waals surface area contributed by atoms with Crippen molar-refractivity contribution in [1.82, 2.24) is 10.6 Å². The summed E-state index contributed by atoms with van der Waals surface area (Å²) in [5.74, 6) is -1.32. The summed E-state index contributed by atoms with van der Waals surface area (Å²) in [6.07, 6.45) is 2.24. The smallest absolute Gasteiger partial charge is 0.329 e. The van der Waals surface area contributed by atoms with Gasteiger partial charge in [0.2, 0.25) is 5.91 Å². The van der Waals surface area contributed by atoms with Crippen molar-refractivity contribution in [3.63, 3.8) is 0 Å². The number of rotatable bonds is 6. The van der Waals surface area contributed by atoms with Crippen molar-refractivity contribution in [2.75, 3.05) is 26.3 Å². The van der Waals surface area contributed by atoms with Crippen molar-refractivity contribution >= 4 is 11.9 Å². The summed E-state index contributed by atoms with van der Waals surface area (Å²) in [4.78, 5) is 22.8. The van der Waals surface area contributed by atoms with Gasteiger partial charge in [0.1, 0.15) is 5.54 Å². The number of hydrogen-bond donors (Lipinski definition) is 3. The fourth-order valence-electron chi connectivity index (χ4n) is 1.71. The molecule has 1 rings (SSSR count). The number of carboxylic acid groups (broad SMARTS) is 1. The molecule has 3 N–H and O–H groups in total. The molecule has 6 nitrogen and oxygen atoms in total. The van der Waals surface area contributed by atoms with E-state index in [0.29, 0.717) is 32.6 Å². The highest BCUT2D eigenvalue weighted by atomic mass is 16.5. The minimum Gasteiger partial charge on any atom is -0.480 e. The van der Waals surface area contributed by atoms with Gasteiger partial charge in [0.05, 0.1) is 6.54 Å². The summed E-state index contributed by atoms with van der Waals surface area (Å²) in [6, 6.07) is 0. The second-order valence-electron chi connectivity index (χ2n) is 3.97. The monoisotopic (exact) mass is 242 g/mol. The second kappa shape index (κ2) is 6.36. The SMILES string of the molecule is C=CCNCC(=O)NC1(C(=O)O)CCOCC1. The van der Waals surface area contributed by atoms with E-state index in [9.17, 15) is 14.7 Å². The number of carbonyl (C=O) groups is 2. The normalized spacial score (nSPS) is 18.4. The van der Waals surface area contributed by atoms with E-state index in [1.165, 1.54) is 0 Å². The summed E-state index contributed by atoms with van der Waals surface area (Å²) in [5, 5.41) is 14.6. The first-order chi connectivity index (χ1) is 8.10. The van der Waals surface area contributed by atoms with Crippen LogP contribution >= 0.6 is 0 Å². The van der Waals surface area contributed by atoms with Gasteiger partial charge >= 0.3 is 5.97 Å². The molecule has 1 aliphatic heterocycles. The summed E-state index contributed by atoms with van der Waals surface area (Å²) in [6.45, 7) is 4.81. The number of ether oxygens (including phenoxy) is 1. The van der Waals surface area contributed by atoms with E-state index < -0.39 is 11.5 Å². The molecule has 0 spiro atoms. The number of nitrogens with one attached hydrogen (secondary N) is 2. The van der Waals surface area contributed by atoms with Crippen LogP contribution in [0.5, 0.6) is 0 Å². The van der Waals surface area contributed by atoms with E-state index in [4.69, 9.17) is 4.74 Å². The molecule has 1 saturated heterocycles. The molecule has 0 saturated carbocycles. The van der Waals surface area contributed by atoms with Crippen LogP contribution in [-0.4, -0.2) is 48.8 Å². The Balaban J connectivity index is 2.51. The molecule has 0 aromatic rings. The number of amides is 1. The van der Waals surface area contributed by atoms with Gasteiger partial charge in [0, 0.05) is 32.6 Å². The lowest BCUT2D eigenvalue weighted by atomic mass is 9.90. The van der Waals surface area contributed by atoms with Gasteiger partial charge in [-0.3, -0.25) is 4.79 Å². The standard InChI is InChI=1S/C11H18N2O4/c1-2-5-12-8-9(14)13-11(10(15)16)3-6-17-7-4-11/h2,12H,1,3-8H2,(H,13,14)(H,15,16). The highest BCUT2D eigenvalue weighted by Gasteiger charge is 2.41. The molecule has 0 aromatic heterocycles. The second-order valence-corrected chi connectivity index (χ2v) is 3.97. The van der Waals surface area contributed by atoms with Crippen molar-refractivity contribution in [1.29, 1.82) is 0 Å². The molecule has 6 heteroatoms. The van der Waals surface area contributed by atoms with Crippen molar-refractivity contribution in [3.8, 4) is 0 Å². The Morgan fingerprint density at radius 2 is 2.06 bits per heavy atom. The largest absolute Gasteiger partial charge is 0.480 e. The Hall–Kier alpha value is -1.40. The molecule has 1 aliphatic rings. The lowest BCUT2D eigenvalue weighted by Crippen LogP contribution is -2.58. The zero-order valence-electron chi connectivity index (χ0n) is 9.70. The first-order valence-electron chi connectivity index (χ1n) is 5.54. The van der Waals surface area contributed by atoms with Crippen LogP contribution in [0.1, 0.15) is 12.8 Å². The zero-order valence-corrected chi connectivity index (χ0v) is 9.70. The predicted octanol–water partition coefficient (Wildman–Crippen LogP) is -0.488. The lowest BCUT2D eigenvalue weighted by molar-refractivity contribution is -0.152. The number of hydrogen-bond acceptors (Lipinski definition) is 4.